The molecule has 0 radical (unpaired) electrons. The maximum Gasteiger partial charge on any atom is 0.410 e. The number of amides is 2. The van der Waals surface area contributed by atoms with Crippen LogP contribution in [-0.4, -0.2) is 46.6 Å². The van der Waals surface area contributed by atoms with Gasteiger partial charge in [-0.3, -0.25) is 4.79 Å². The third-order valence-electron chi connectivity index (χ3n) is 3.15. The molecule has 0 spiro atoms. The topological polar surface area (TPSA) is 74.4 Å². The number of ether oxygens (including phenoxy) is 1. The number of nitrogens with zero attached hydrogens (tertiary/aromatic N) is 1. The van der Waals surface area contributed by atoms with E-state index in [1.807, 2.05) is 20.8 Å². The van der Waals surface area contributed by atoms with Crippen molar-refractivity contribution in [2.45, 2.75) is 39.3 Å². The highest BCUT2D eigenvalue weighted by Crippen LogP contribution is 2.29. The van der Waals surface area contributed by atoms with Crippen molar-refractivity contribution in [2.24, 2.45) is 0 Å². The Hall–Kier alpha value is -1.40. The van der Waals surface area contributed by atoms with Gasteiger partial charge in [-0.15, -0.1) is 0 Å². The van der Waals surface area contributed by atoms with Crippen LogP contribution in [0.2, 0.25) is 10.0 Å². The monoisotopic (exact) mass is 347 g/mol. The van der Waals surface area contributed by atoms with Crippen molar-refractivity contribution in [1.29, 1.82) is 0 Å². The molecule has 2 rings (SSSR count). The zero-order valence-corrected chi connectivity index (χ0v) is 14.4. The molecule has 1 aliphatic heterocycles. The first-order valence-electron chi connectivity index (χ1n) is 6.91. The molecule has 8 heteroatoms. The molecule has 2 amide bonds. The van der Waals surface area contributed by atoms with E-state index in [0.29, 0.717) is 23.8 Å². The minimum atomic E-state index is -0.530. The van der Waals surface area contributed by atoms with Gasteiger partial charge in [0.2, 0.25) is 0 Å². The number of aromatic nitrogens is 1. The Bertz CT molecular complexity index is 601. The van der Waals surface area contributed by atoms with Crippen LogP contribution in [0.25, 0.3) is 0 Å². The second-order valence-corrected chi connectivity index (χ2v) is 7.06. The fourth-order valence-corrected chi connectivity index (χ4v) is 2.45. The molecule has 6 nitrogen and oxygen atoms in total. The number of nitrogens with one attached hydrogen (secondary N) is 2. The van der Waals surface area contributed by atoms with Gasteiger partial charge in [0, 0.05) is 18.8 Å². The van der Waals surface area contributed by atoms with Crippen LogP contribution in [0.4, 0.5) is 4.79 Å². The molecule has 1 saturated heterocycles. The SMILES string of the molecule is Cc1[nH]c(C(=O)NC2CN(C(=O)OC(C)(C)C)C2)c(Cl)c1Cl. The predicted octanol–water partition coefficient (Wildman–Crippen LogP) is 2.98. The van der Waals surface area contributed by atoms with Crippen molar-refractivity contribution in [1.82, 2.24) is 15.2 Å². The van der Waals surface area contributed by atoms with E-state index in [1.54, 1.807) is 6.92 Å². The highest BCUT2D eigenvalue weighted by Gasteiger charge is 2.35. The molecule has 2 N–H and O–H groups in total. The third kappa shape index (κ3) is 3.67. The van der Waals surface area contributed by atoms with Crippen molar-refractivity contribution in [3.05, 3.63) is 21.4 Å². The normalized spacial score (nSPS) is 15.5. The summed E-state index contributed by atoms with van der Waals surface area (Å²) in [6.45, 7) is 7.98. The Labute approximate surface area is 139 Å². The van der Waals surface area contributed by atoms with E-state index < -0.39 is 5.60 Å². The molecule has 1 aliphatic rings. The van der Waals surface area contributed by atoms with Crippen molar-refractivity contribution in [3.63, 3.8) is 0 Å². The molecule has 0 atom stereocenters. The van der Waals surface area contributed by atoms with E-state index in [1.165, 1.54) is 4.90 Å². The number of halogens is 2. The van der Waals surface area contributed by atoms with E-state index in [2.05, 4.69) is 10.3 Å². The molecule has 1 aromatic heterocycles. The molecular weight excluding hydrogens is 329 g/mol. The molecule has 1 fully saturated rings. The minimum absolute atomic E-state index is 0.126. The van der Waals surface area contributed by atoms with Crippen LogP contribution in [0.15, 0.2) is 0 Å². The van der Waals surface area contributed by atoms with Gasteiger partial charge in [0.25, 0.3) is 5.91 Å². The molecule has 1 aromatic rings. The lowest BCUT2D eigenvalue weighted by atomic mass is 10.1. The average molecular weight is 348 g/mol. The second-order valence-electron chi connectivity index (χ2n) is 6.31. The van der Waals surface area contributed by atoms with Gasteiger partial charge in [-0.2, -0.15) is 0 Å². The molecule has 0 saturated carbocycles. The highest BCUT2D eigenvalue weighted by molar-refractivity contribution is 6.44. The van der Waals surface area contributed by atoms with Crippen LogP contribution in [0.5, 0.6) is 0 Å². The number of likely N-dealkylation sites (tertiary alicyclic amines) is 1. The lowest BCUT2D eigenvalue weighted by Gasteiger charge is -2.39. The first-order chi connectivity index (χ1) is 10.1. The molecule has 0 aromatic carbocycles. The summed E-state index contributed by atoms with van der Waals surface area (Å²) in [6, 6.07) is -0.126. The molecule has 2 heterocycles. The van der Waals surface area contributed by atoms with Gasteiger partial charge in [0.1, 0.15) is 11.3 Å². The highest BCUT2D eigenvalue weighted by atomic mass is 35.5. The average Bonchev–Trinajstić information content (AvgIpc) is 2.58. The minimum Gasteiger partial charge on any atom is -0.444 e. The Morgan fingerprint density at radius 3 is 2.32 bits per heavy atom. The number of aromatic amines is 1. The summed E-state index contributed by atoms with van der Waals surface area (Å²) in [7, 11) is 0. The van der Waals surface area contributed by atoms with E-state index in [-0.39, 0.29) is 28.8 Å². The maximum absolute atomic E-state index is 12.1. The summed E-state index contributed by atoms with van der Waals surface area (Å²) < 4.78 is 5.25. The number of rotatable bonds is 2. The van der Waals surface area contributed by atoms with Crippen LogP contribution < -0.4 is 5.32 Å². The predicted molar refractivity (Wildman–Crippen MR) is 84.6 cm³/mol. The van der Waals surface area contributed by atoms with Crippen LogP contribution >= 0.6 is 23.2 Å². The summed E-state index contributed by atoms with van der Waals surface area (Å²) >= 11 is 11.9. The van der Waals surface area contributed by atoms with Crippen LogP contribution in [0.1, 0.15) is 37.0 Å². The number of aryl methyl sites for hydroxylation is 1. The first-order valence-corrected chi connectivity index (χ1v) is 7.66. The van der Waals surface area contributed by atoms with Gasteiger partial charge >= 0.3 is 6.09 Å². The number of hydrogen-bond acceptors (Lipinski definition) is 3. The molecule has 22 heavy (non-hydrogen) atoms. The summed E-state index contributed by atoms with van der Waals surface area (Å²) in [4.78, 5) is 28.3. The van der Waals surface area contributed by atoms with E-state index in [4.69, 9.17) is 27.9 Å². The Kier molecular flexibility index (Phi) is 4.63. The Morgan fingerprint density at radius 2 is 1.86 bits per heavy atom. The fraction of sp³-hybridized carbons (Fsp3) is 0.571. The van der Waals surface area contributed by atoms with Crippen LogP contribution in [0.3, 0.4) is 0 Å². The van der Waals surface area contributed by atoms with Gasteiger partial charge in [-0.05, 0) is 27.7 Å². The van der Waals surface area contributed by atoms with Gasteiger partial charge in [0.05, 0.1) is 16.1 Å². The molecule has 0 unspecified atom stereocenters. The molecule has 122 valence electrons. The van der Waals surface area contributed by atoms with Gasteiger partial charge in [-0.25, -0.2) is 4.79 Å². The number of H-pyrrole nitrogens is 1. The lowest BCUT2D eigenvalue weighted by molar-refractivity contribution is 0.00531. The Balaban J connectivity index is 1.86. The molecule has 0 aliphatic carbocycles. The van der Waals surface area contributed by atoms with E-state index in [0.717, 1.165) is 0 Å². The van der Waals surface area contributed by atoms with E-state index in [9.17, 15) is 9.59 Å². The van der Waals surface area contributed by atoms with Crippen LogP contribution in [-0.2, 0) is 4.74 Å². The molecule has 0 bridgehead atoms. The van der Waals surface area contributed by atoms with Gasteiger partial charge in [0.15, 0.2) is 0 Å². The summed E-state index contributed by atoms with van der Waals surface area (Å²) in [6.07, 6.45) is -0.380. The van der Waals surface area contributed by atoms with Crippen molar-refractivity contribution in [2.75, 3.05) is 13.1 Å². The van der Waals surface area contributed by atoms with Gasteiger partial charge in [-0.1, -0.05) is 23.2 Å². The van der Waals surface area contributed by atoms with Crippen molar-refractivity contribution >= 4 is 35.2 Å². The van der Waals surface area contributed by atoms with Gasteiger partial charge < -0.3 is 19.9 Å². The standard InChI is InChI=1S/C14H19Cl2N3O3/c1-7-9(15)10(16)11(17-7)12(20)18-8-5-19(6-8)13(21)22-14(2,3)4/h8,17H,5-6H2,1-4H3,(H,18,20). The maximum atomic E-state index is 12.1. The lowest BCUT2D eigenvalue weighted by Crippen LogP contribution is -2.61. The first kappa shape index (κ1) is 17.0. The summed E-state index contributed by atoms with van der Waals surface area (Å²) in [5, 5.41) is 3.35. The van der Waals surface area contributed by atoms with Crippen molar-refractivity contribution in [3.8, 4) is 0 Å². The van der Waals surface area contributed by atoms with Crippen molar-refractivity contribution < 1.29 is 14.3 Å². The molecular formula is C14H19Cl2N3O3. The number of carbonyl (C=O) groups excluding carboxylic acids is 2. The van der Waals surface area contributed by atoms with E-state index >= 15 is 0 Å². The zero-order valence-electron chi connectivity index (χ0n) is 12.9. The quantitative estimate of drug-likeness (QED) is 0.863. The summed E-state index contributed by atoms with van der Waals surface area (Å²) in [5.41, 5.74) is 0.345. The second kappa shape index (κ2) is 6.01. The zero-order chi connectivity index (χ0) is 16.7. The fourth-order valence-electron chi connectivity index (χ4n) is 2.03. The van der Waals surface area contributed by atoms with Crippen LogP contribution in [0, 0.1) is 6.92 Å². The summed E-state index contributed by atoms with van der Waals surface area (Å²) in [5.74, 6) is -0.339. The smallest absolute Gasteiger partial charge is 0.410 e. The largest absolute Gasteiger partial charge is 0.444 e. The Morgan fingerprint density at radius 1 is 1.27 bits per heavy atom. The number of carbonyl (C=O) groups is 2. The number of hydrogen-bond donors (Lipinski definition) is 2. The third-order valence-corrected chi connectivity index (χ3v) is 4.10.